The molecule has 0 saturated heterocycles. The summed E-state index contributed by atoms with van der Waals surface area (Å²) in [5.74, 6) is -0.400. The average Bonchev–Trinajstić information content (AvgIpc) is 3.22. The Hall–Kier alpha value is -2.03. The van der Waals surface area contributed by atoms with E-state index in [-0.39, 0.29) is 12.0 Å². The van der Waals surface area contributed by atoms with Gasteiger partial charge in [0, 0.05) is 18.7 Å². The van der Waals surface area contributed by atoms with E-state index in [2.05, 4.69) is 10.4 Å². The average molecular weight is 476 g/mol. The van der Waals surface area contributed by atoms with E-state index in [1.807, 2.05) is 6.92 Å². The molecule has 0 unspecified atom stereocenters. The minimum atomic E-state index is -4.45. The summed E-state index contributed by atoms with van der Waals surface area (Å²) in [4.78, 5) is 13.1. The van der Waals surface area contributed by atoms with Crippen LogP contribution in [0.15, 0.2) is 36.5 Å². The van der Waals surface area contributed by atoms with Gasteiger partial charge in [-0.1, -0.05) is 48.3 Å². The molecule has 0 spiro atoms. The molecule has 1 N–H and O–H groups in total. The lowest BCUT2D eigenvalue weighted by molar-refractivity contribution is -0.138. The number of aromatic nitrogens is 2. The summed E-state index contributed by atoms with van der Waals surface area (Å²) in [6.07, 6.45) is -2.43. The number of hydrogen-bond donors (Lipinski definition) is 1. The van der Waals surface area contributed by atoms with Crippen LogP contribution in [-0.2, 0) is 19.6 Å². The fourth-order valence-electron chi connectivity index (χ4n) is 3.15. The van der Waals surface area contributed by atoms with Crippen molar-refractivity contribution in [1.29, 1.82) is 0 Å². The van der Waals surface area contributed by atoms with Gasteiger partial charge < -0.3 is 5.32 Å². The highest BCUT2D eigenvalue weighted by molar-refractivity contribution is 7.18. The molecule has 2 aromatic heterocycles. The Morgan fingerprint density at radius 2 is 2.00 bits per heavy atom. The van der Waals surface area contributed by atoms with Crippen LogP contribution in [0.25, 0.3) is 11.3 Å². The first-order valence-electron chi connectivity index (χ1n) is 9.05. The van der Waals surface area contributed by atoms with Gasteiger partial charge >= 0.3 is 6.18 Å². The van der Waals surface area contributed by atoms with E-state index in [0.717, 1.165) is 17.4 Å². The molecule has 10 heteroatoms. The van der Waals surface area contributed by atoms with Gasteiger partial charge in [-0.25, -0.2) is 0 Å². The van der Waals surface area contributed by atoms with E-state index in [1.54, 1.807) is 23.9 Å². The SMILES string of the molecule is CC[C@H](Cc1ccccc1C(F)(F)F)NC(=O)c1cc(-c2c(Cl)cnn2C)c(Cl)s1. The number of benzene rings is 1. The minimum absolute atomic E-state index is 0.0669. The third kappa shape index (κ3) is 4.82. The first kappa shape index (κ1) is 22.7. The maximum absolute atomic E-state index is 13.3. The Bertz CT molecular complexity index is 1040. The van der Waals surface area contributed by atoms with Gasteiger partial charge in [-0.05, 0) is 30.5 Å². The molecule has 30 heavy (non-hydrogen) atoms. The van der Waals surface area contributed by atoms with Gasteiger partial charge in [0.2, 0.25) is 0 Å². The number of aryl methyl sites for hydroxylation is 1. The van der Waals surface area contributed by atoms with Gasteiger partial charge in [0.15, 0.2) is 0 Å². The van der Waals surface area contributed by atoms with Crippen LogP contribution in [0.2, 0.25) is 9.36 Å². The predicted octanol–water partition coefficient (Wildman–Crippen LogP) is 6.23. The van der Waals surface area contributed by atoms with Crippen LogP contribution in [0.4, 0.5) is 13.2 Å². The molecule has 160 valence electrons. The highest BCUT2D eigenvalue weighted by Gasteiger charge is 2.33. The van der Waals surface area contributed by atoms with E-state index >= 15 is 0 Å². The third-order valence-electron chi connectivity index (χ3n) is 4.68. The number of carbonyl (C=O) groups excluding carboxylic acids is 1. The molecule has 0 fully saturated rings. The van der Waals surface area contributed by atoms with Crippen molar-refractivity contribution in [3.05, 3.63) is 61.9 Å². The van der Waals surface area contributed by atoms with Crippen LogP contribution in [0, 0.1) is 0 Å². The molecule has 0 aliphatic carbocycles. The van der Waals surface area contributed by atoms with E-state index in [4.69, 9.17) is 23.2 Å². The van der Waals surface area contributed by atoms with Crippen molar-refractivity contribution in [2.24, 2.45) is 7.05 Å². The lowest BCUT2D eigenvalue weighted by atomic mass is 9.98. The molecule has 0 bridgehead atoms. The van der Waals surface area contributed by atoms with Crippen LogP contribution in [0.1, 0.15) is 34.1 Å². The second-order valence-electron chi connectivity index (χ2n) is 6.70. The third-order valence-corrected chi connectivity index (χ3v) is 6.31. The Kier molecular flexibility index (Phi) is 6.79. The fraction of sp³-hybridized carbons (Fsp3) is 0.300. The summed E-state index contributed by atoms with van der Waals surface area (Å²) < 4.78 is 41.7. The highest BCUT2D eigenvalue weighted by atomic mass is 35.5. The molecule has 4 nitrogen and oxygen atoms in total. The van der Waals surface area contributed by atoms with Gasteiger partial charge in [0.1, 0.15) is 4.34 Å². The quantitative estimate of drug-likeness (QED) is 0.459. The van der Waals surface area contributed by atoms with Crippen LogP contribution in [0.5, 0.6) is 0 Å². The first-order chi connectivity index (χ1) is 14.1. The Morgan fingerprint density at radius 3 is 2.60 bits per heavy atom. The number of alkyl halides is 3. The predicted molar refractivity (Wildman–Crippen MR) is 113 cm³/mol. The molecule has 3 aromatic rings. The zero-order chi connectivity index (χ0) is 22.1. The van der Waals surface area contributed by atoms with Crippen LogP contribution < -0.4 is 5.32 Å². The molecule has 3 rings (SSSR count). The second-order valence-corrected chi connectivity index (χ2v) is 8.76. The highest BCUT2D eigenvalue weighted by Crippen LogP contribution is 2.38. The number of nitrogens with one attached hydrogen (secondary N) is 1. The summed E-state index contributed by atoms with van der Waals surface area (Å²) in [6, 6.07) is 6.54. The first-order valence-corrected chi connectivity index (χ1v) is 10.6. The number of nitrogens with zero attached hydrogens (tertiary/aromatic N) is 2. The molecule has 0 aliphatic heterocycles. The number of thiophene rings is 1. The Morgan fingerprint density at radius 1 is 1.30 bits per heavy atom. The molecule has 1 atom stereocenters. The number of hydrogen-bond acceptors (Lipinski definition) is 3. The van der Waals surface area contributed by atoms with Crippen molar-refractivity contribution in [2.75, 3.05) is 0 Å². The molecular formula is C20H18Cl2F3N3OS. The second kappa shape index (κ2) is 8.99. The maximum atomic E-state index is 13.3. The van der Waals surface area contributed by atoms with Crippen LogP contribution in [-0.4, -0.2) is 21.7 Å². The van der Waals surface area contributed by atoms with E-state index in [1.165, 1.54) is 18.3 Å². The summed E-state index contributed by atoms with van der Waals surface area (Å²) in [7, 11) is 1.71. The number of halogens is 5. The lowest BCUT2D eigenvalue weighted by Crippen LogP contribution is -2.36. The lowest BCUT2D eigenvalue weighted by Gasteiger charge is -2.19. The normalized spacial score (nSPS) is 12.8. The number of rotatable bonds is 6. The standard InChI is InChI=1S/C20H18Cl2F3N3OS/c1-3-12(8-11-6-4-5-7-14(11)20(23,24)25)27-19(29)16-9-13(18(22)30-16)17-15(21)10-26-28(17)2/h4-7,9-10,12H,3,8H2,1-2H3,(H,27,29)/t12-/m1/s1. The topological polar surface area (TPSA) is 46.9 Å². The van der Waals surface area contributed by atoms with Crippen molar-refractivity contribution in [1.82, 2.24) is 15.1 Å². The van der Waals surface area contributed by atoms with Crippen molar-refractivity contribution < 1.29 is 18.0 Å². The van der Waals surface area contributed by atoms with Crippen LogP contribution >= 0.6 is 34.5 Å². The van der Waals surface area contributed by atoms with Crippen LogP contribution in [0.3, 0.4) is 0 Å². The summed E-state index contributed by atoms with van der Waals surface area (Å²) in [6.45, 7) is 1.81. The fourth-order valence-corrected chi connectivity index (χ4v) is 4.60. The van der Waals surface area contributed by atoms with Gasteiger partial charge in [0.25, 0.3) is 5.91 Å². The van der Waals surface area contributed by atoms with E-state index < -0.39 is 23.7 Å². The molecule has 2 heterocycles. The largest absolute Gasteiger partial charge is 0.416 e. The number of amides is 1. The van der Waals surface area contributed by atoms with Gasteiger partial charge in [-0.3, -0.25) is 9.48 Å². The van der Waals surface area contributed by atoms with Gasteiger partial charge in [-0.15, -0.1) is 11.3 Å². The molecule has 0 saturated carbocycles. The van der Waals surface area contributed by atoms with Gasteiger partial charge in [0.05, 0.1) is 27.4 Å². The summed E-state index contributed by atoms with van der Waals surface area (Å²) in [5, 5.41) is 7.28. The molecule has 1 amide bonds. The maximum Gasteiger partial charge on any atom is 0.416 e. The van der Waals surface area contributed by atoms with E-state index in [0.29, 0.717) is 31.9 Å². The Labute approximate surface area is 185 Å². The zero-order valence-corrected chi connectivity index (χ0v) is 18.4. The Balaban J connectivity index is 1.80. The zero-order valence-electron chi connectivity index (χ0n) is 16.1. The van der Waals surface area contributed by atoms with Crippen molar-refractivity contribution in [3.8, 4) is 11.3 Å². The van der Waals surface area contributed by atoms with Gasteiger partial charge in [-0.2, -0.15) is 18.3 Å². The molecule has 0 radical (unpaired) electrons. The smallest absolute Gasteiger partial charge is 0.348 e. The summed E-state index contributed by atoms with van der Waals surface area (Å²) in [5.41, 5.74) is 0.615. The molecule has 0 aliphatic rings. The monoisotopic (exact) mass is 475 g/mol. The number of carbonyl (C=O) groups is 1. The minimum Gasteiger partial charge on any atom is -0.348 e. The van der Waals surface area contributed by atoms with E-state index in [9.17, 15) is 18.0 Å². The van der Waals surface area contributed by atoms with Crippen molar-refractivity contribution >= 4 is 40.4 Å². The summed E-state index contributed by atoms with van der Waals surface area (Å²) >= 11 is 13.5. The van der Waals surface area contributed by atoms with Crippen molar-refractivity contribution in [2.45, 2.75) is 32.0 Å². The molecule has 1 aromatic carbocycles. The van der Waals surface area contributed by atoms with Crippen molar-refractivity contribution in [3.63, 3.8) is 0 Å². The molecular weight excluding hydrogens is 458 g/mol.